The molecule has 0 saturated carbocycles. The van der Waals surface area contributed by atoms with Crippen LogP contribution >= 0.6 is 0 Å². The molecular formula is C14H15FN4O2. The van der Waals surface area contributed by atoms with Crippen molar-refractivity contribution in [2.24, 2.45) is 0 Å². The monoisotopic (exact) mass is 290 g/mol. The van der Waals surface area contributed by atoms with E-state index in [0.29, 0.717) is 23.6 Å². The number of rotatable bonds is 5. The zero-order chi connectivity index (χ0) is 15.4. The Labute approximate surface area is 121 Å². The Morgan fingerprint density at radius 1 is 1.43 bits per heavy atom. The van der Waals surface area contributed by atoms with E-state index in [1.807, 2.05) is 6.92 Å². The molecule has 110 valence electrons. The maximum atomic E-state index is 13.3. The Morgan fingerprint density at radius 2 is 2.19 bits per heavy atom. The Bertz CT molecular complexity index is 676. The van der Waals surface area contributed by atoms with Gasteiger partial charge in [-0.2, -0.15) is 0 Å². The summed E-state index contributed by atoms with van der Waals surface area (Å²) >= 11 is 0. The fourth-order valence-corrected chi connectivity index (χ4v) is 1.84. The van der Waals surface area contributed by atoms with Gasteiger partial charge in [-0.15, -0.1) is 0 Å². The molecule has 1 N–H and O–H groups in total. The molecule has 2 rings (SSSR count). The van der Waals surface area contributed by atoms with Crippen LogP contribution in [-0.4, -0.2) is 21.4 Å². The van der Waals surface area contributed by atoms with Crippen molar-refractivity contribution in [3.05, 3.63) is 45.9 Å². The van der Waals surface area contributed by atoms with E-state index in [9.17, 15) is 14.5 Å². The van der Waals surface area contributed by atoms with Gasteiger partial charge < -0.3 is 5.32 Å². The molecule has 0 saturated heterocycles. The molecule has 0 atom stereocenters. The third-order valence-electron chi connectivity index (χ3n) is 2.93. The summed E-state index contributed by atoms with van der Waals surface area (Å²) in [6.07, 6.45) is 2.05. The second-order valence-corrected chi connectivity index (χ2v) is 4.58. The molecule has 0 fully saturated rings. The van der Waals surface area contributed by atoms with Gasteiger partial charge in [-0.3, -0.25) is 10.1 Å². The van der Waals surface area contributed by atoms with Crippen molar-refractivity contribution in [1.29, 1.82) is 0 Å². The van der Waals surface area contributed by atoms with Gasteiger partial charge in [0, 0.05) is 12.1 Å². The normalized spacial score (nSPS) is 10.4. The lowest BCUT2D eigenvalue weighted by Gasteiger charge is -2.07. The molecule has 1 aromatic heterocycles. The van der Waals surface area contributed by atoms with Crippen LogP contribution in [-0.2, 0) is 0 Å². The number of halogens is 1. The standard InChI is InChI=1S/C14H15FN4O2/c1-3-6-16-14-17-8-12(19(20)21)13(18-14)10-4-5-11(15)9(2)7-10/h4-5,7-8H,3,6H2,1-2H3,(H,16,17,18). The number of aromatic nitrogens is 2. The number of hydrogen-bond donors (Lipinski definition) is 1. The van der Waals surface area contributed by atoms with Gasteiger partial charge in [-0.1, -0.05) is 6.92 Å². The van der Waals surface area contributed by atoms with Crippen LogP contribution in [0, 0.1) is 22.9 Å². The van der Waals surface area contributed by atoms with Crippen LogP contribution in [0.3, 0.4) is 0 Å². The van der Waals surface area contributed by atoms with E-state index in [2.05, 4.69) is 15.3 Å². The van der Waals surface area contributed by atoms with Crippen molar-refractivity contribution in [2.45, 2.75) is 20.3 Å². The minimum absolute atomic E-state index is 0.178. The maximum Gasteiger partial charge on any atom is 0.313 e. The highest BCUT2D eigenvalue weighted by atomic mass is 19.1. The summed E-state index contributed by atoms with van der Waals surface area (Å²) in [5.74, 6) is -0.0424. The summed E-state index contributed by atoms with van der Waals surface area (Å²) in [6.45, 7) is 4.25. The zero-order valence-electron chi connectivity index (χ0n) is 11.8. The van der Waals surface area contributed by atoms with Crippen molar-refractivity contribution in [3.8, 4) is 11.3 Å². The average molecular weight is 290 g/mol. The highest BCUT2D eigenvalue weighted by Crippen LogP contribution is 2.29. The number of aryl methyl sites for hydroxylation is 1. The lowest BCUT2D eigenvalue weighted by atomic mass is 10.1. The van der Waals surface area contributed by atoms with E-state index in [1.165, 1.54) is 24.4 Å². The first kappa shape index (κ1) is 14.8. The number of nitrogens with zero attached hydrogens (tertiary/aromatic N) is 3. The van der Waals surface area contributed by atoms with Gasteiger partial charge in [0.15, 0.2) is 5.69 Å². The van der Waals surface area contributed by atoms with Crippen molar-refractivity contribution in [1.82, 2.24) is 9.97 Å². The first-order valence-electron chi connectivity index (χ1n) is 6.54. The Kier molecular flexibility index (Phi) is 4.42. The van der Waals surface area contributed by atoms with Crippen LogP contribution in [0.15, 0.2) is 24.4 Å². The Morgan fingerprint density at radius 3 is 2.81 bits per heavy atom. The topological polar surface area (TPSA) is 81.0 Å². The Balaban J connectivity index is 2.51. The first-order valence-corrected chi connectivity index (χ1v) is 6.54. The molecule has 0 unspecified atom stereocenters. The lowest BCUT2D eigenvalue weighted by molar-refractivity contribution is -0.384. The molecule has 6 nitrogen and oxygen atoms in total. The predicted molar refractivity (Wildman–Crippen MR) is 77.6 cm³/mol. The Hall–Kier alpha value is -2.57. The first-order chi connectivity index (χ1) is 10.0. The average Bonchev–Trinajstić information content (AvgIpc) is 2.47. The van der Waals surface area contributed by atoms with Crippen LogP contribution in [0.1, 0.15) is 18.9 Å². The van der Waals surface area contributed by atoms with Crippen LogP contribution in [0.25, 0.3) is 11.3 Å². The minimum atomic E-state index is -0.544. The maximum absolute atomic E-state index is 13.3. The number of benzene rings is 1. The lowest BCUT2D eigenvalue weighted by Crippen LogP contribution is -2.06. The van der Waals surface area contributed by atoms with Gasteiger partial charge in [0.05, 0.1) is 4.92 Å². The van der Waals surface area contributed by atoms with Crippen LogP contribution < -0.4 is 5.32 Å². The third kappa shape index (κ3) is 3.31. The summed E-state index contributed by atoms with van der Waals surface area (Å²) in [5, 5.41) is 14.1. The molecule has 0 bridgehead atoms. The molecule has 1 aromatic carbocycles. The number of anilines is 1. The molecule has 0 amide bonds. The predicted octanol–water partition coefficient (Wildman–Crippen LogP) is 3.32. The third-order valence-corrected chi connectivity index (χ3v) is 2.93. The van der Waals surface area contributed by atoms with Gasteiger partial charge >= 0.3 is 5.69 Å². The molecular weight excluding hydrogens is 275 g/mol. The highest BCUT2D eigenvalue weighted by molar-refractivity contribution is 5.70. The molecule has 0 radical (unpaired) electrons. The van der Waals surface area contributed by atoms with Crippen molar-refractivity contribution < 1.29 is 9.31 Å². The smallest absolute Gasteiger partial charge is 0.313 e. The number of hydrogen-bond acceptors (Lipinski definition) is 5. The second-order valence-electron chi connectivity index (χ2n) is 4.58. The van der Waals surface area contributed by atoms with Gasteiger partial charge in [0.25, 0.3) is 0 Å². The quantitative estimate of drug-likeness (QED) is 0.674. The van der Waals surface area contributed by atoms with Crippen LogP contribution in [0.2, 0.25) is 0 Å². The van der Waals surface area contributed by atoms with E-state index in [1.54, 1.807) is 6.92 Å². The number of nitro groups is 1. The fourth-order valence-electron chi connectivity index (χ4n) is 1.84. The van der Waals surface area contributed by atoms with Crippen LogP contribution in [0.4, 0.5) is 16.0 Å². The van der Waals surface area contributed by atoms with Gasteiger partial charge in [0.2, 0.25) is 5.95 Å². The van der Waals surface area contributed by atoms with E-state index in [-0.39, 0.29) is 17.2 Å². The largest absolute Gasteiger partial charge is 0.354 e. The molecule has 2 aromatic rings. The summed E-state index contributed by atoms with van der Waals surface area (Å²) in [7, 11) is 0. The molecule has 0 aliphatic rings. The summed E-state index contributed by atoms with van der Waals surface area (Å²) < 4.78 is 13.3. The van der Waals surface area contributed by atoms with E-state index in [4.69, 9.17) is 0 Å². The molecule has 21 heavy (non-hydrogen) atoms. The van der Waals surface area contributed by atoms with E-state index >= 15 is 0 Å². The fraction of sp³-hybridized carbons (Fsp3) is 0.286. The van der Waals surface area contributed by atoms with Crippen molar-refractivity contribution in [3.63, 3.8) is 0 Å². The van der Waals surface area contributed by atoms with Gasteiger partial charge in [-0.25, -0.2) is 14.4 Å². The van der Waals surface area contributed by atoms with E-state index < -0.39 is 4.92 Å². The van der Waals surface area contributed by atoms with E-state index in [0.717, 1.165) is 6.42 Å². The van der Waals surface area contributed by atoms with Gasteiger partial charge in [0.1, 0.15) is 12.0 Å². The highest BCUT2D eigenvalue weighted by Gasteiger charge is 2.19. The van der Waals surface area contributed by atoms with Crippen molar-refractivity contribution >= 4 is 11.6 Å². The zero-order valence-corrected chi connectivity index (χ0v) is 11.8. The molecule has 7 heteroatoms. The van der Waals surface area contributed by atoms with Crippen molar-refractivity contribution in [2.75, 3.05) is 11.9 Å². The molecule has 1 heterocycles. The summed E-state index contributed by atoms with van der Waals surface area (Å²) in [4.78, 5) is 18.7. The summed E-state index contributed by atoms with van der Waals surface area (Å²) in [5.41, 5.74) is 0.866. The minimum Gasteiger partial charge on any atom is -0.354 e. The second kappa shape index (κ2) is 6.25. The molecule has 0 aliphatic carbocycles. The van der Waals surface area contributed by atoms with Gasteiger partial charge in [-0.05, 0) is 37.1 Å². The molecule has 0 spiro atoms. The molecule has 0 aliphatic heterocycles. The number of nitrogens with one attached hydrogen (secondary N) is 1. The van der Waals surface area contributed by atoms with Crippen LogP contribution in [0.5, 0.6) is 0 Å². The SMILES string of the molecule is CCCNc1ncc([N+](=O)[O-])c(-c2ccc(F)c(C)c2)n1. The summed E-state index contributed by atoms with van der Waals surface area (Å²) in [6, 6.07) is 4.28.